The molecule has 3 aliphatic rings. The number of carbonyl (C=O) groups excluding carboxylic acids is 2. The molecular weight excluding hydrogens is 544 g/mol. The average molecular weight is 561 g/mol. The minimum atomic E-state index is -2.20. The fourth-order valence-electron chi connectivity index (χ4n) is 5.32. The zero-order valence-corrected chi connectivity index (χ0v) is 21.2. The molecule has 0 amide bonds. The summed E-state index contributed by atoms with van der Waals surface area (Å²) in [4.78, 5) is 48.3. The lowest BCUT2D eigenvalue weighted by atomic mass is 9.59. The summed E-state index contributed by atoms with van der Waals surface area (Å²) in [5, 5.41) is 9.78. The minimum absolute atomic E-state index is 0.0110. The van der Waals surface area contributed by atoms with Gasteiger partial charge in [0.2, 0.25) is 0 Å². The molecule has 0 bridgehead atoms. The third-order valence-corrected chi connectivity index (χ3v) is 9.29. The first kappa shape index (κ1) is 24.2. The average Bonchev–Trinajstić information content (AvgIpc) is 3.06. The second-order valence-electron chi connectivity index (χ2n) is 8.63. The van der Waals surface area contributed by atoms with Gasteiger partial charge in [-0.25, -0.2) is 23.5 Å². The predicted octanol–water partition coefficient (Wildman–Crippen LogP) is 2.53. The lowest BCUT2D eigenvalue weighted by molar-refractivity contribution is -0.128. The fourth-order valence-corrected chi connectivity index (χ4v) is 6.83. The number of carbonyl (C=O) groups is 2. The van der Waals surface area contributed by atoms with E-state index < -0.39 is 54.7 Å². The number of hydrogen-bond donors (Lipinski definition) is 1. The van der Waals surface area contributed by atoms with Crippen LogP contribution in [0, 0.1) is 0 Å². The Morgan fingerprint density at radius 2 is 1.71 bits per heavy atom. The van der Waals surface area contributed by atoms with E-state index in [1.54, 1.807) is 12.1 Å². The summed E-state index contributed by atoms with van der Waals surface area (Å²) >= 11 is 26.3. The first-order chi connectivity index (χ1) is 16.4. The van der Waals surface area contributed by atoms with Crippen molar-refractivity contribution in [1.82, 2.24) is 13.9 Å². The lowest BCUT2D eigenvalue weighted by Gasteiger charge is -2.54. The van der Waals surface area contributed by atoms with Crippen LogP contribution in [0.5, 0.6) is 11.5 Å². The smallest absolute Gasteiger partial charge is 0.347 e. The van der Waals surface area contributed by atoms with Crippen LogP contribution in [0.2, 0.25) is 0 Å². The topological polar surface area (TPSA) is 113 Å². The maximum Gasteiger partial charge on any atom is 0.347 e. The summed E-state index contributed by atoms with van der Waals surface area (Å²) in [7, 11) is 2.74. The minimum Gasteiger partial charge on any atom is -0.508 e. The number of allylic oxidation sites excluding steroid dienone is 4. The number of alkyl halides is 2. The van der Waals surface area contributed by atoms with E-state index in [9.17, 15) is 24.3 Å². The molecule has 35 heavy (non-hydrogen) atoms. The number of halogens is 4. The van der Waals surface area contributed by atoms with Gasteiger partial charge in [-0.3, -0.25) is 9.59 Å². The highest BCUT2D eigenvalue weighted by Gasteiger charge is 2.71. The summed E-state index contributed by atoms with van der Waals surface area (Å²) in [6.45, 7) is -0.0110. The number of aromatic hydroxyl groups is 1. The number of aromatic nitrogens is 3. The molecule has 0 saturated heterocycles. The maximum absolute atomic E-state index is 13.6. The highest BCUT2D eigenvalue weighted by atomic mass is 35.5. The number of methoxy groups -OCH3 is 1. The number of phenols is 1. The van der Waals surface area contributed by atoms with E-state index in [1.165, 1.54) is 35.7 Å². The summed E-state index contributed by atoms with van der Waals surface area (Å²) in [5.41, 5.74) is -0.620. The number of fused-ring (bicyclic) bond motifs is 4. The summed E-state index contributed by atoms with van der Waals surface area (Å²) in [6, 6.07) is 3.41. The van der Waals surface area contributed by atoms with Crippen molar-refractivity contribution in [1.29, 1.82) is 0 Å². The number of benzene rings is 1. The predicted molar refractivity (Wildman–Crippen MR) is 129 cm³/mol. The van der Waals surface area contributed by atoms with E-state index in [1.807, 2.05) is 0 Å². The van der Waals surface area contributed by atoms with E-state index in [0.29, 0.717) is 11.3 Å². The molecule has 5 rings (SSSR count). The SMILES string of the molecule is COc1ccc([C@H]2C3=CCn4c(=O)n(C)c(=O)n4[C@@H]3C[C@@]3(Cl)C(=O)C(Cl)=C(Cl)C(=O)[C@@]23Cl)c(O)c1. The van der Waals surface area contributed by atoms with Crippen molar-refractivity contribution < 1.29 is 19.4 Å². The van der Waals surface area contributed by atoms with E-state index in [-0.39, 0.29) is 24.3 Å². The first-order valence-corrected chi connectivity index (χ1v) is 11.9. The standard InChI is InChI=1S/C22H17Cl4N3O6/c1-27-19(33)28-6-5-10-12(29(28)20(27)34)8-21(25)17(31)15(23)16(24)18(32)22(21,26)14(10)11-4-3-9(35-2)7-13(11)30/h3-5,7,12,14,30H,6,8H2,1-2H3/t12-,14-,21-,22+/m1/s1. The van der Waals surface area contributed by atoms with Crippen LogP contribution in [0.25, 0.3) is 0 Å². The van der Waals surface area contributed by atoms with Crippen LogP contribution < -0.4 is 16.1 Å². The lowest BCUT2D eigenvalue weighted by Crippen LogP contribution is -2.67. The highest BCUT2D eigenvalue weighted by Crippen LogP contribution is 2.64. The van der Waals surface area contributed by atoms with Crippen LogP contribution in [0.3, 0.4) is 0 Å². The van der Waals surface area contributed by atoms with Crippen molar-refractivity contribution >= 4 is 58.0 Å². The monoisotopic (exact) mass is 559 g/mol. The quantitative estimate of drug-likeness (QED) is 0.446. The van der Waals surface area contributed by atoms with Crippen molar-refractivity contribution in [2.75, 3.05) is 7.11 Å². The van der Waals surface area contributed by atoms with Gasteiger partial charge in [-0.05, 0) is 11.6 Å². The molecule has 0 radical (unpaired) electrons. The van der Waals surface area contributed by atoms with Gasteiger partial charge in [-0.15, -0.1) is 23.2 Å². The number of rotatable bonds is 2. The van der Waals surface area contributed by atoms with E-state index in [2.05, 4.69) is 0 Å². The van der Waals surface area contributed by atoms with Crippen LogP contribution in [-0.4, -0.2) is 47.5 Å². The molecule has 1 aliphatic heterocycles. The number of ketones is 2. The van der Waals surface area contributed by atoms with E-state index >= 15 is 0 Å². The Bertz CT molecular complexity index is 1520. The van der Waals surface area contributed by atoms with Gasteiger partial charge in [-0.1, -0.05) is 35.3 Å². The van der Waals surface area contributed by atoms with E-state index in [0.717, 1.165) is 4.57 Å². The fraction of sp³-hybridized carbons (Fsp3) is 0.364. The second kappa shape index (κ2) is 7.77. The Kier molecular flexibility index (Phi) is 5.38. The molecular formula is C22H17Cl4N3O6. The van der Waals surface area contributed by atoms with Gasteiger partial charge in [0, 0.05) is 31.0 Å². The molecule has 0 spiro atoms. The Morgan fingerprint density at radius 3 is 2.34 bits per heavy atom. The number of Topliss-reactive ketones (excluding diaryl/α,β-unsaturated/α-hetero) is 2. The van der Waals surface area contributed by atoms with Crippen LogP contribution >= 0.6 is 46.4 Å². The molecule has 2 aromatic rings. The molecule has 1 N–H and O–H groups in total. The van der Waals surface area contributed by atoms with Gasteiger partial charge in [0.15, 0.2) is 11.6 Å². The number of phenolic OH excluding ortho intramolecular Hbond substituents is 1. The van der Waals surface area contributed by atoms with E-state index in [4.69, 9.17) is 51.1 Å². The second-order valence-corrected chi connectivity index (χ2v) is 10.6. The Morgan fingerprint density at radius 1 is 1.06 bits per heavy atom. The van der Waals surface area contributed by atoms with Crippen LogP contribution in [0.15, 0.2) is 49.5 Å². The normalized spacial score (nSPS) is 29.9. The van der Waals surface area contributed by atoms with Gasteiger partial charge in [0.1, 0.15) is 31.3 Å². The van der Waals surface area contributed by atoms with Gasteiger partial charge in [0.25, 0.3) is 0 Å². The van der Waals surface area contributed by atoms with Gasteiger partial charge >= 0.3 is 11.4 Å². The van der Waals surface area contributed by atoms with Crippen LogP contribution in [0.4, 0.5) is 0 Å². The summed E-state index contributed by atoms with van der Waals surface area (Å²) in [5.74, 6) is -2.94. The largest absolute Gasteiger partial charge is 0.508 e. The van der Waals surface area contributed by atoms with Crippen molar-refractivity contribution in [2.24, 2.45) is 7.05 Å². The van der Waals surface area contributed by atoms with Crippen molar-refractivity contribution in [2.45, 2.75) is 34.7 Å². The molecule has 1 aromatic carbocycles. The highest BCUT2D eigenvalue weighted by molar-refractivity contribution is 6.66. The molecule has 1 fully saturated rings. The van der Waals surface area contributed by atoms with Crippen LogP contribution in [-0.2, 0) is 23.2 Å². The van der Waals surface area contributed by atoms with Crippen molar-refractivity contribution in [3.63, 3.8) is 0 Å². The Balaban J connectivity index is 1.86. The number of hydrogen-bond acceptors (Lipinski definition) is 6. The molecule has 9 nitrogen and oxygen atoms in total. The first-order valence-electron chi connectivity index (χ1n) is 10.4. The van der Waals surface area contributed by atoms with Gasteiger partial charge in [0.05, 0.1) is 19.7 Å². The van der Waals surface area contributed by atoms with Gasteiger partial charge in [-0.2, -0.15) is 0 Å². The zero-order chi connectivity index (χ0) is 25.6. The number of ether oxygens (including phenoxy) is 1. The van der Waals surface area contributed by atoms with Crippen molar-refractivity contribution in [3.8, 4) is 11.5 Å². The third kappa shape index (κ3) is 2.89. The molecule has 13 heteroatoms. The molecule has 2 heterocycles. The number of nitrogens with zero attached hydrogens (tertiary/aromatic N) is 3. The molecule has 4 atom stereocenters. The van der Waals surface area contributed by atoms with Gasteiger partial charge < -0.3 is 9.84 Å². The summed E-state index contributed by atoms with van der Waals surface area (Å²) < 4.78 is 8.49. The Hall–Kier alpha value is -2.46. The third-order valence-electron chi connectivity index (χ3n) is 7.04. The molecule has 1 aromatic heterocycles. The van der Waals surface area contributed by atoms with Crippen molar-refractivity contribution in [3.05, 3.63) is 66.4 Å². The molecule has 2 aliphatic carbocycles. The molecule has 1 saturated carbocycles. The zero-order valence-electron chi connectivity index (χ0n) is 18.2. The summed E-state index contributed by atoms with van der Waals surface area (Å²) in [6.07, 6.45) is 1.32. The van der Waals surface area contributed by atoms with Crippen LogP contribution in [0.1, 0.15) is 23.9 Å². The Labute approximate surface area is 217 Å². The maximum atomic E-state index is 13.6. The molecule has 184 valence electrons. The molecule has 0 unspecified atom stereocenters.